The number of benzene rings is 3. The number of likely N-dealkylation sites (tertiary alicyclic amines) is 1. The van der Waals surface area contributed by atoms with Crippen LogP contribution in [-0.2, 0) is 11.2 Å². The van der Waals surface area contributed by atoms with E-state index >= 15 is 0 Å². The summed E-state index contributed by atoms with van der Waals surface area (Å²) in [5.74, 6) is -0.491. The number of aliphatic hydroxyl groups excluding tert-OH is 1. The lowest BCUT2D eigenvalue weighted by atomic mass is 9.99. The highest BCUT2D eigenvalue weighted by atomic mass is 16.3. The number of rotatable bonds is 7. The molecule has 6 heteroatoms. The summed E-state index contributed by atoms with van der Waals surface area (Å²) in [4.78, 5) is 33.3. The molecule has 2 N–H and O–H groups in total. The molecular formula is C30H29N3O3. The largest absolute Gasteiger partial charge is 0.391 e. The van der Waals surface area contributed by atoms with Gasteiger partial charge in [-0.2, -0.15) is 0 Å². The number of aliphatic imine (C=N–C) groups is 1. The molecule has 0 aromatic heterocycles. The van der Waals surface area contributed by atoms with Crippen molar-refractivity contribution >= 4 is 23.1 Å². The van der Waals surface area contributed by atoms with Gasteiger partial charge in [-0.15, -0.1) is 0 Å². The Labute approximate surface area is 211 Å². The monoisotopic (exact) mass is 479 g/mol. The molecule has 0 aliphatic carbocycles. The minimum atomic E-state index is -0.737. The summed E-state index contributed by atoms with van der Waals surface area (Å²) < 4.78 is 0. The summed E-state index contributed by atoms with van der Waals surface area (Å²) in [7, 11) is 0. The first-order chi connectivity index (χ1) is 17.6. The second-order valence-corrected chi connectivity index (χ2v) is 9.23. The predicted molar refractivity (Wildman–Crippen MR) is 141 cm³/mol. The molecule has 36 heavy (non-hydrogen) atoms. The zero-order valence-corrected chi connectivity index (χ0v) is 20.0. The SMILES string of the molecule is O=C(N[C@@H](Cc1ccccc1)C(=O)N1CC[C@H](O)C1)c1ccccc1C1=NCC(c2ccccc2)=C1. The first-order valence-corrected chi connectivity index (χ1v) is 12.3. The van der Waals surface area contributed by atoms with Gasteiger partial charge < -0.3 is 15.3 Å². The number of hydrogen-bond donors (Lipinski definition) is 2. The molecule has 6 nitrogen and oxygen atoms in total. The van der Waals surface area contributed by atoms with Crippen LogP contribution in [0, 0.1) is 0 Å². The van der Waals surface area contributed by atoms with E-state index in [2.05, 4.69) is 17.4 Å². The maximum atomic E-state index is 13.6. The highest BCUT2D eigenvalue weighted by molar-refractivity contribution is 6.19. The molecule has 3 aromatic carbocycles. The highest BCUT2D eigenvalue weighted by Crippen LogP contribution is 2.23. The van der Waals surface area contributed by atoms with Crippen LogP contribution in [0.3, 0.4) is 0 Å². The number of nitrogens with zero attached hydrogens (tertiary/aromatic N) is 2. The third-order valence-electron chi connectivity index (χ3n) is 6.68. The van der Waals surface area contributed by atoms with Gasteiger partial charge in [0.15, 0.2) is 0 Å². The average molecular weight is 480 g/mol. The molecule has 0 unspecified atom stereocenters. The third-order valence-corrected chi connectivity index (χ3v) is 6.68. The summed E-state index contributed by atoms with van der Waals surface area (Å²) in [6.07, 6.45) is 2.43. The van der Waals surface area contributed by atoms with Crippen LogP contribution in [0.15, 0.2) is 96.0 Å². The lowest BCUT2D eigenvalue weighted by Gasteiger charge is -2.24. The maximum Gasteiger partial charge on any atom is 0.252 e. The van der Waals surface area contributed by atoms with E-state index in [1.807, 2.05) is 72.8 Å². The molecule has 1 saturated heterocycles. The molecular weight excluding hydrogens is 450 g/mol. The zero-order valence-electron chi connectivity index (χ0n) is 20.0. The first kappa shape index (κ1) is 23.7. The van der Waals surface area contributed by atoms with Crippen LogP contribution in [0.2, 0.25) is 0 Å². The van der Waals surface area contributed by atoms with E-state index in [9.17, 15) is 14.7 Å². The van der Waals surface area contributed by atoms with Crippen LogP contribution in [-0.4, -0.2) is 59.3 Å². The fourth-order valence-corrected chi connectivity index (χ4v) is 4.77. The van der Waals surface area contributed by atoms with Gasteiger partial charge in [0.25, 0.3) is 5.91 Å². The standard InChI is InChI=1S/C30H29N3O3/c34-24-15-16-33(20-24)30(36)28(17-21-9-3-1-4-10-21)32-29(35)26-14-8-7-13-25(26)27-18-23(19-31-27)22-11-5-2-6-12-22/h1-14,18,24,28,34H,15-17,19-20H2,(H,32,35)/t24-,28-/m0/s1. The second-order valence-electron chi connectivity index (χ2n) is 9.23. The fourth-order valence-electron chi connectivity index (χ4n) is 4.77. The molecule has 2 aliphatic heterocycles. The van der Waals surface area contributed by atoms with E-state index in [1.165, 1.54) is 0 Å². The van der Waals surface area contributed by atoms with Gasteiger partial charge in [-0.1, -0.05) is 78.9 Å². The number of amides is 2. The van der Waals surface area contributed by atoms with Crippen LogP contribution in [0.1, 0.15) is 33.5 Å². The fraction of sp³-hybridized carbons (Fsp3) is 0.233. The molecule has 0 radical (unpaired) electrons. The number of β-amino-alcohol motifs (C(OH)–C–C–N with tert-alkyl or cyclic N) is 1. The van der Waals surface area contributed by atoms with E-state index < -0.39 is 12.1 Å². The van der Waals surface area contributed by atoms with Crippen LogP contribution >= 0.6 is 0 Å². The molecule has 2 aliphatic rings. The number of allylic oxidation sites excluding steroid dienone is 1. The lowest BCUT2D eigenvalue weighted by molar-refractivity contribution is -0.132. The van der Waals surface area contributed by atoms with Crippen molar-refractivity contribution in [1.82, 2.24) is 10.2 Å². The third kappa shape index (κ3) is 5.29. The van der Waals surface area contributed by atoms with Crippen molar-refractivity contribution in [3.63, 3.8) is 0 Å². The van der Waals surface area contributed by atoms with Crippen LogP contribution in [0.25, 0.3) is 5.57 Å². The minimum Gasteiger partial charge on any atom is -0.391 e. The van der Waals surface area contributed by atoms with Gasteiger partial charge in [0.05, 0.1) is 18.4 Å². The Bertz CT molecular complexity index is 1300. The molecule has 5 rings (SSSR count). The summed E-state index contributed by atoms with van der Waals surface area (Å²) >= 11 is 0. The second kappa shape index (κ2) is 10.7. The van der Waals surface area contributed by atoms with Crippen LogP contribution in [0.4, 0.5) is 0 Å². The summed E-state index contributed by atoms with van der Waals surface area (Å²) in [5.41, 5.74) is 5.15. The Morgan fingerprint density at radius 1 is 0.972 bits per heavy atom. The Hall–Kier alpha value is -4.03. The number of nitrogens with one attached hydrogen (secondary N) is 1. The molecule has 2 amide bonds. The number of hydrogen-bond acceptors (Lipinski definition) is 4. The van der Waals surface area contributed by atoms with E-state index in [1.54, 1.807) is 11.0 Å². The van der Waals surface area contributed by atoms with Gasteiger partial charge in [-0.3, -0.25) is 14.6 Å². The minimum absolute atomic E-state index is 0.175. The van der Waals surface area contributed by atoms with Crippen molar-refractivity contribution in [1.29, 1.82) is 0 Å². The van der Waals surface area contributed by atoms with E-state index in [0.717, 1.165) is 28.0 Å². The molecule has 0 spiro atoms. The summed E-state index contributed by atoms with van der Waals surface area (Å²) in [5, 5.41) is 12.9. The predicted octanol–water partition coefficient (Wildman–Crippen LogP) is 3.51. The Balaban J connectivity index is 1.39. The van der Waals surface area contributed by atoms with Crippen molar-refractivity contribution in [3.05, 3.63) is 113 Å². The molecule has 0 bridgehead atoms. The first-order valence-electron chi connectivity index (χ1n) is 12.3. The number of carbonyl (C=O) groups is 2. The van der Waals surface area contributed by atoms with Crippen molar-refractivity contribution < 1.29 is 14.7 Å². The highest BCUT2D eigenvalue weighted by Gasteiger charge is 2.32. The Morgan fingerprint density at radius 2 is 1.67 bits per heavy atom. The van der Waals surface area contributed by atoms with E-state index in [0.29, 0.717) is 38.0 Å². The maximum absolute atomic E-state index is 13.6. The molecule has 2 atom stereocenters. The van der Waals surface area contributed by atoms with Crippen molar-refractivity contribution in [2.45, 2.75) is 25.0 Å². The quantitative estimate of drug-likeness (QED) is 0.544. The number of aliphatic hydroxyl groups is 1. The molecule has 1 fully saturated rings. The average Bonchev–Trinajstić information content (AvgIpc) is 3.59. The van der Waals surface area contributed by atoms with Crippen LogP contribution in [0.5, 0.6) is 0 Å². The topological polar surface area (TPSA) is 82.0 Å². The van der Waals surface area contributed by atoms with Crippen molar-refractivity contribution in [2.75, 3.05) is 19.6 Å². The molecule has 182 valence electrons. The van der Waals surface area contributed by atoms with Gasteiger partial charge in [0.2, 0.25) is 5.91 Å². The Kier molecular flexibility index (Phi) is 7.05. The van der Waals surface area contributed by atoms with Gasteiger partial charge in [0, 0.05) is 30.6 Å². The smallest absolute Gasteiger partial charge is 0.252 e. The van der Waals surface area contributed by atoms with Gasteiger partial charge in [-0.05, 0) is 35.3 Å². The van der Waals surface area contributed by atoms with Gasteiger partial charge >= 0.3 is 0 Å². The van der Waals surface area contributed by atoms with Gasteiger partial charge in [-0.25, -0.2) is 0 Å². The number of carbonyl (C=O) groups excluding carboxylic acids is 2. The van der Waals surface area contributed by atoms with Crippen molar-refractivity contribution in [2.24, 2.45) is 4.99 Å². The molecule has 0 saturated carbocycles. The summed E-state index contributed by atoms with van der Waals surface area (Å²) in [6.45, 7) is 1.34. The molecule has 2 heterocycles. The lowest BCUT2D eigenvalue weighted by Crippen LogP contribution is -2.49. The zero-order chi connectivity index (χ0) is 24.9. The van der Waals surface area contributed by atoms with Gasteiger partial charge in [0.1, 0.15) is 6.04 Å². The molecule has 3 aromatic rings. The Morgan fingerprint density at radius 3 is 2.39 bits per heavy atom. The van der Waals surface area contributed by atoms with E-state index in [-0.39, 0.29) is 11.8 Å². The van der Waals surface area contributed by atoms with E-state index in [4.69, 9.17) is 4.99 Å². The summed E-state index contributed by atoms with van der Waals surface area (Å²) in [6, 6.07) is 26.4. The normalized spacial score (nSPS) is 17.9. The van der Waals surface area contributed by atoms with Crippen LogP contribution < -0.4 is 5.32 Å². The van der Waals surface area contributed by atoms with Crippen molar-refractivity contribution in [3.8, 4) is 0 Å².